The molecule has 2 atom stereocenters. The van der Waals surface area contributed by atoms with E-state index in [1.165, 1.54) is 0 Å². The molecule has 23 heavy (non-hydrogen) atoms. The number of benzene rings is 2. The summed E-state index contributed by atoms with van der Waals surface area (Å²) in [5.74, 6) is 0.0869. The molecule has 1 aliphatic rings. The molecule has 0 bridgehead atoms. The SMILES string of the molecule is O=C(C(Sc1ccccc1)c1ccccc1)N1CCCC(O)C1. The Morgan fingerprint density at radius 1 is 1.09 bits per heavy atom. The molecule has 0 radical (unpaired) electrons. The van der Waals surface area contributed by atoms with E-state index in [4.69, 9.17) is 0 Å². The molecule has 2 aromatic carbocycles. The molecule has 4 heteroatoms. The molecule has 0 saturated carbocycles. The second-order valence-corrected chi connectivity index (χ2v) is 6.98. The van der Waals surface area contributed by atoms with Gasteiger partial charge in [-0.3, -0.25) is 4.79 Å². The molecule has 3 nitrogen and oxygen atoms in total. The first kappa shape index (κ1) is 16.1. The Bertz CT molecular complexity index is 632. The van der Waals surface area contributed by atoms with Crippen LogP contribution < -0.4 is 0 Å². The predicted octanol–water partition coefficient (Wildman–Crippen LogP) is 3.50. The van der Waals surface area contributed by atoms with Crippen LogP contribution in [0.25, 0.3) is 0 Å². The van der Waals surface area contributed by atoms with Crippen molar-refractivity contribution in [3.63, 3.8) is 0 Å². The monoisotopic (exact) mass is 327 g/mol. The van der Waals surface area contributed by atoms with Crippen LogP contribution in [0.4, 0.5) is 0 Å². The summed E-state index contributed by atoms with van der Waals surface area (Å²) < 4.78 is 0. The number of rotatable bonds is 4. The maximum Gasteiger partial charge on any atom is 0.240 e. The molecule has 1 saturated heterocycles. The highest BCUT2D eigenvalue weighted by molar-refractivity contribution is 8.00. The Kier molecular flexibility index (Phi) is 5.36. The van der Waals surface area contributed by atoms with Crippen LogP contribution in [0, 0.1) is 0 Å². The number of β-amino-alcohol motifs (C(OH)–C–C–N with tert-alkyl or cyclic N) is 1. The molecule has 3 rings (SSSR count). The van der Waals surface area contributed by atoms with Crippen molar-refractivity contribution < 1.29 is 9.90 Å². The lowest BCUT2D eigenvalue weighted by atomic mass is 10.1. The zero-order valence-corrected chi connectivity index (χ0v) is 13.8. The molecule has 0 aromatic heterocycles. The minimum absolute atomic E-state index is 0.0869. The highest BCUT2D eigenvalue weighted by Gasteiger charge is 2.30. The van der Waals surface area contributed by atoms with Crippen LogP contribution in [-0.4, -0.2) is 35.1 Å². The first-order chi connectivity index (χ1) is 11.2. The smallest absolute Gasteiger partial charge is 0.240 e. The molecule has 0 spiro atoms. The molecule has 2 aromatic rings. The van der Waals surface area contributed by atoms with E-state index in [0.717, 1.165) is 29.8 Å². The van der Waals surface area contributed by atoms with Crippen molar-refractivity contribution in [1.29, 1.82) is 0 Å². The number of carbonyl (C=O) groups is 1. The van der Waals surface area contributed by atoms with Crippen molar-refractivity contribution in [1.82, 2.24) is 4.90 Å². The van der Waals surface area contributed by atoms with E-state index >= 15 is 0 Å². The standard InChI is InChI=1S/C19H21NO2S/c21-16-10-7-13-20(14-16)19(22)18(15-8-3-1-4-9-15)23-17-11-5-2-6-12-17/h1-6,8-9,11-12,16,18,21H,7,10,13-14H2. The van der Waals surface area contributed by atoms with Gasteiger partial charge < -0.3 is 10.0 Å². The summed E-state index contributed by atoms with van der Waals surface area (Å²) >= 11 is 1.57. The zero-order valence-electron chi connectivity index (χ0n) is 13.0. The lowest BCUT2D eigenvalue weighted by Crippen LogP contribution is -2.43. The van der Waals surface area contributed by atoms with E-state index in [1.807, 2.05) is 65.6 Å². The maximum atomic E-state index is 13.0. The number of aliphatic hydroxyl groups is 1. The average Bonchev–Trinajstić information content (AvgIpc) is 2.61. The Morgan fingerprint density at radius 2 is 1.74 bits per heavy atom. The van der Waals surface area contributed by atoms with Gasteiger partial charge in [-0.25, -0.2) is 0 Å². The number of hydrogen-bond acceptors (Lipinski definition) is 3. The number of piperidine rings is 1. The van der Waals surface area contributed by atoms with Crippen LogP contribution in [0.2, 0.25) is 0 Å². The van der Waals surface area contributed by atoms with Crippen LogP contribution >= 0.6 is 11.8 Å². The lowest BCUT2D eigenvalue weighted by Gasteiger charge is -2.33. The van der Waals surface area contributed by atoms with Crippen molar-refractivity contribution >= 4 is 17.7 Å². The average molecular weight is 327 g/mol. The van der Waals surface area contributed by atoms with Gasteiger partial charge in [-0.15, -0.1) is 11.8 Å². The summed E-state index contributed by atoms with van der Waals surface area (Å²) in [4.78, 5) is 15.9. The number of carbonyl (C=O) groups excluding carboxylic acids is 1. The van der Waals surface area contributed by atoms with Crippen molar-refractivity contribution in [2.24, 2.45) is 0 Å². The molecule has 1 amide bonds. The van der Waals surface area contributed by atoms with E-state index in [-0.39, 0.29) is 11.2 Å². The van der Waals surface area contributed by atoms with E-state index < -0.39 is 6.10 Å². The zero-order chi connectivity index (χ0) is 16.1. The largest absolute Gasteiger partial charge is 0.391 e. The van der Waals surface area contributed by atoms with Crippen LogP contribution in [0.1, 0.15) is 23.7 Å². The fourth-order valence-corrected chi connectivity index (χ4v) is 3.97. The molecule has 1 heterocycles. The third-order valence-corrected chi connectivity index (χ3v) is 5.29. The first-order valence-corrected chi connectivity index (χ1v) is 8.85. The summed E-state index contributed by atoms with van der Waals surface area (Å²) in [6.07, 6.45) is 1.25. The van der Waals surface area contributed by atoms with Gasteiger partial charge in [-0.2, -0.15) is 0 Å². The number of amides is 1. The van der Waals surface area contributed by atoms with Gasteiger partial charge in [0.25, 0.3) is 0 Å². The normalized spacial score (nSPS) is 19.3. The van der Waals surface area contributed by atoms with Crippen molar-refractivity contribution in [3.8, 4) is 0 Å². The molecule has 120 valence electrons. The van der Waals surface area contributed by atoms with E-state index in [9.17, 15) is 9.90 Å². The second kappa shape index (κ2) is 7.66. The third-order valence-electron chi connectivity index (χ3n) is 4.03. The van der Waals surface area contributed by atoms with E-state index in [2.05, 4.69) is 0 Å². The van der Waals surface area contributed by atoms with Crippen LogP contribution in [0.3, 0.4) is 0 Å². The molecular formula is C19H21NO2S. The highest BCUT2D eigenvalue weighted by atomic mass is 32.2. The number of aliphatic hydroxyl groups excluding tert-OH is 1. The van der Waals surface area contributed by atoms with Crippen molar-refractivity contribution in [3.05, 3.63) is 66.2 Å². The Morgan fingerprint density at radius 3 is 2.39 bits per heavy atom. The Labute approximate surface area is 141 Å². The summed E-state index contributed by atoms with van der Waals surface area (Å²) in [6, 6.07) is 19.9. The highest BCUT2D eigenvalue weighted by Crippen LogP contribution is 2.37. The number of nitrogens with zero attached hydrogens (tertiary/aromatic N) is 1. The fourth-order valence-electron chi connectivity index (χ4n) is 2.84. The molecular weight excluding hydrogens is 306 g/mol. The topological polar surface area (TPSA) is 40.5 Å². The second-order valence-electron chi connectivity index (χ2n) is 5.80. The molecule has 1 fully saturated rings. The van der Waals surface area contributed by atoms with Crippen LogP contribution in [0.15, 0.2) is 65.6 Å². The minimum atomic E-state index is -0.397. The van der Waals surface area contributed by atoms with Crippen LogP contribution in [-0.2, 0) is 4.79 Å². The maximum absolute atomic E-state index is 13.0. The molecule has 1 aliphatic heterocycles. The number of hydrogen-bond donors (Lipinski definition) is 1. The molecule has 2 unspecified atom stereocenters. The van der Waals surface area contributed by atoms with Gasteiger partial charge in [0.05, 0.1) is 6.10 Å². The number of thioether (sulfide) groups is 1. The Hall–Kier alpha value is -1.78. The van der Waals surface area contributed by atoms with Crippen molar-refractivity contribution in [2.45, 2.75) is 29.1 Å². The third kappa shape index (κ3) is 4.15. The van der Waals surface area contributed by atoms with Gasteiger partial charge in [0.15, 0.2) is 0 Å². The van der Waals surface area contributed by atoms with Gasteiger partial charge in [-0.05, 0) is 30.5 Å². The van der Waals surface area contributed by atoms with E-state index in [0.29, 0.717) is 6.54 Å². The van der Waals surface area contributed by atoms with Gasteiger partial charge in [0, 0.05) is 18.0 Å². The Balaban J connectivity index is 1.84. The summed E-state index contributed by atoms with van der Waals surface area (Å²) in [5, 5.41) is 9.60. The van der Waals surface area contributed by atoms with Gasteiger partial charge in [-0.1, -0.05) is 48.5 Å². The lowest BCUT2D eigenvalue weighted by molar-refractivity contribution is -0.133. The predicted molar refractivity (Wildman–Crippen MR) is 93.3 cm³/mol. The number of likely N-dealkylation sites (tertiary alicyclic amines) is 1. The van der Waals surface area contributed by atoms with E-state index in [1.54, 1.807) is 11.8 Å². The van der Waals surface area contributed by atoms with Gasteiger partial charge >= 0.3 is 0 Å². The first-order valence-electron chi connectivity index (χ1n) is 7.97. The quantitative estimate of drug-likeness (QED) is 0.874. The molecule has 0 aliphatic carbocycles. The van der Waals surface area contributed by atoms with Gasteiger partial charge in [0.2, 0.25) is 5.91 Å². The minimum Gasteiger partial charge on any atom is -0.391 e. The summed E-state index contributed by atoms with van der Waals surface area (Å²) in [6.45, 7) is 1.17. The summed E-state index contributed by atoms with van der Waals surface area (Å²) in [7, 11) is 0. The fraction of sp³-hybridized carbons (Fsp3) is 0.316. The molecule has 1 N–H and O–H groups in total. The van der Waals surface area contributed by atoms with Gasteiger partial charge in [0.1, 0.15) is 5.25 Å². The van der Waals surface area contributed by atoms with Crippen LogP contribution in [0.5, 0.6) is 0 Å². The summed E-state index contributed by atoms with van der Waals surface area (Å²) in [5.41, 5.74) is 1.01. The van der Waals surface area contributed by atoms with Crippen molar-refractivity contribution in [2.75, 3.05) is 13.1 Å².